The molecule has 6 nitrogen and oxygen atoms in total. The molecule has 0 radical (unpaired) electrons. The number of benzene rings is 4. The van der Waals surface area contributed by atoms with Crippen molar-refractivity contribution in [2.45, 2.75) is 0 Å². The number of halogens is 1. The van der Waals surface area contributed by atoms with Crippen LogP contribution in [0.5, 0.6) is 0 Å². The van der Waals surface area contributed by atoms with Crippen LogP contribution in [-0.2, 0) is 7.05 Å². The third-order valence-electron chi connectivity index (χ3n) is 7.13. The Hall–Kier alpha value is -5.46. The number of hydrogen-bond donors (Lipinski definition) is 2. The maximum Gasteiger partial charge on any atom is 0.274 e. The average molecular weight is 597 g/mol. The summed E-state index contributed by atoms with van der Waals surface area (Å²) >= 11 is 0. The van der Waals surface area contributed by atoms with Gasteiger partial charge in [-0.25, -0.2) is 14.5 Å². The highest BCUT2D eigenvalue weighted by Crippen LogP contribution is 2.27. The van der Waals surface area contributed by atoms with Crippen molar-refractivity contribution in [3.8, 4) is 28.2 Å². The van der Waals surface area contributed by atoms with Gasteiger partial charge in [-0.2, -0.15) is 4.57 Å². The van der Waals surface area contributed by atoms with E-state index in [4.69, 9.17) is 9.97 Å². The van der Waals surface area contributed by atoms with Crippen molar-refractivity contribution in [2.24, 2.45) is 7.05 Å². The first-order chi connectivity index (χ1) is 21.2. The molecular weight excluding hydrogens is 564 g/mol. The van der Waals surface area contributed by atoms with Crippen LogP contribution in [0.25, 0.3) is 39.4 Å². The number of nitrogens with zero attached hydrogens (tertiary/aromatic N) is 4. The zero-order valence-corrected chi connectivity index (χ0v) is 25.4. The average Bonchev–Trinajstić information content (AvgIpc) is 3.42. The van der Waals surface area contributed by atoms with Crippen LogP contribution in [0.15, 0.2) is 152 Å². The SMILES string of the molecule is CNc1ccc(-c2ccccc2)nc1Nc1ccccc1.C[n+]1cn(-c2ccccc2)c2nc(-c3ccccc3)ccc21.[Cl-]. The number of aryl methyl sites for hydroxylation is 1. The van der Waals surface area contributed by atoms with Gasteiger partial charge >= 0.3 is 0 Å². The van der Waals surface area contributed by atoms with Crippen molar-refractivity contribution in [1.82, 2.24) is 14.5 Å². The normalized spacial score (nSPS) is 10.3. The number of anilines is 3. The first-order valence-electron chi connectivity index (χ1n) is 14.2. The van der Waals surface area contributed by atoms with Crippen LogP contribution >= 0.6 is 0 Å². The molecule has 0 saturated carbocycles. The zero-order chi connectivity index (χ0) is 29.4. The highest BCUT2D eigenvalue weighted by molar-refractivity contribution is 5.75. The van der Waals surface area contributed by atoms with Gasteiger partial charge in [0.15, 0.2) is 11.3 Å². The molecule has 0 fully saturated rings. The van der Waals surface area contributed by atoms with Crippen molar-refractivity contribution in [1.29, 1.82) is 0 Å². The first-order valence-corrected chi connectivity index (χ1v) is 14.2. The summed E-state index contributed by atoms with van der Waals surface area (Å²) in [7, 11) is 3.95. The van der Waals surface area contributed by atoms with Gasteiger partial charge in [-0.3, -0.25) is 0 Å². The smallest absolute Gasteiger partial charge is 0.274 e. The monoisotopic (exact) mass is 596 g/mol. The van der Waals surface area contributed by atoms with Crippen molar-refractivity contribution in [3.05, 3.63) is 152 Å². The Morgan fingerprint density at radius 3 is 1.70 bits per heavy atom. The molecule has 0 aliphatic heterocycles. The van der Waals surface area contributed by atoms with E-state index in [9.17, 15) is 0 Å². The Bertz CT molecular complexity index is 1930. The number of pyridine rings is 2. The molecule has 0 saturated heterocycles. The van der Waals surface area contributed by atoms with E-state index >= 15 is 0 Å². The standard InChI is InChI=1S/C19H16N3.C18H17N3.ClH/c1-21-14-22(16-10-6-3-7-11-16)19-18(21)13-12-17(20-19)15-8-4-2-5-9-15;1-19-17-13-12-16(14-8-4-2-5-9-14)21-18(17)20-15-10-6-3-7-11-15;/h2-14H,1H3;2-13,19H,1H3,(H,20,21);1H/q+1;;/p-1. The number of aromatic nitrogens is 4. The predicted octanol–water partition coefficient (Wildman–Crippen LogP) is 5.05. The van der Waals surface area contributed by atoms with Crippen LogP contribution in [0.4, 0.5) is 17.2 Å². The van der Waals surface area contributed by atoms with Gasteiger partial charge in [-0.15, -0.1) is 0 Å². The lowest BCUT2D eigenvalue weighted by Gasteiger charge is -2.12. The van der Waals surface area contributed by atoms with Gasteiger partial charge in [-0.1, -0.05) is 97.1 Å². The summed E-state index contributed by atoms with van der Waals surface area (Å²) in [4.78, 5) is 9.62. The van der Waals surface area contributed by atoms with Crippen molar-refractivity contribution >= 4 is 28.4 Å². The quantitative estimate of drug-likeness (QED) is 0.264. The maximum atomic E-state index is 4.88. The molecule has 0 aliphatic rings. The Balaban J connectivity index is 0.000000171. The van der Waals surface area contributed by atoms with Crippen molar-refractivity contribution in [2.75, 3.05) is 17.7 Å². The van der Waals surface area contributed by atoms with E-state index in [1.807, 2.05) is 111 Å². The second kappa shape index (κ2) is 14.1. The van der Waals surface area contributed by atoms with Gasteiger partial charge in [0.25, 0.3) is 12.0 Å². The molecule has 0 bridgehead atoms. The molecule has 44 heavy (non-hydrogen) atoms. The number of rotatable bonds is 6. The molecule has 7 heteroatoms. The Morgan fingerprint density at radius 1 is 0.591 bits per heavy atom. The largest absolute Gasteiger partial charge is 1.00 e. The molecule has 3 heterocycles. The Labute approximate surface area is 264 Å². The number of para-hydroxylation sites is 2. The Kier molecular flexibility index (Phi) is 9.64. The molecule has 0 unspecified atom stereocenters. The van der Waals surface area contributed by atoms with E-state index in [0.29, 0.717) is 0 Å². The van der Waals surface area contributed by atoms with Crippen LogP contribution in [0.1, 0.15) is 0 Å². The first kappa shape index (κ1) is 30.0. The molecule has 0 amide bonds. The number of imidazole rings is 1. The minimum absolute atomic E-state index is 0. The summed E-state index contributed by atoms with van der Waals surface area (Å²) in [6, 6.07) is 49.1. The number of fused-ring (bicyclic) bond motifs is 1. The summed E-state index contributed by atoms with van der Waals surface area (Å²) in [5, 5.41) is 6.53. The molecule has 0 atom stereocenters. The van der Waals surface area contributed by atoms with Crippen LogP contribution in [0.3, 0.4) is 0 Å². The highest BCUT2D eigenvalue weighted by Gasteiger charge is 2.17. The predicted molar refractivity (Wildman–Crippen MR) is 177 cm³/mol. The van der Waals surface area contributed by atoms with E-state index < -0.39 is 0 Å². The molecule has 7 rings (SSSR count). The summed E-state index contributed by atoms with van der Waals surface area (Å²) in [5.41, 5.74) is 9.37. The third-order valence-corrected chi connectivity index (χ3v) is 7.13. The van der Waals surface area contributed by atoms with Gasteiger partial charge < -0.3 is 23.0 Å². The van der Waals surface area contributed by atoms with Gasteiger partial charge in [0.05, 0.1) is 24.1 Å². The number of nitrogens with one attached hydrogen (secondary N) is 2. The second-order valence-corrected chi connectivity index (χ2v) is 10.0. The molecule has 0 spiro atoms. The lowest BCUT2D eigenvalue weighted by atomic mass is 10.1. The van der Waals surface area contributed by atoms with Gasteiger partial charge in [-0.05, 0) is 48.5 Å². The molecule has 7 aromatic rings. The number of hydrogen-bond acceptors (Lipinski definition) is 4. The molecule has 3 aromatic heterocycles. The topological polar surface area (TPSA) is 58.7 Å². The van der Waals surface area contributed by atoms with E-state index in [0.717, 1.165) is 56.6 Å². The molecule has 4 aromatic carbocycles. The van der Waals surface area contributed by atoms with Crippen LogP contribution in [-0.4, -0.2) is 21.6 Å². The highest BCUT2D eigenvalue weighted by atomic mass is 35.5. The Morgan fingerprint density at radius 2 is 1.11 bits per heavy atom. The van der Waals surface area contributed by atoms with Crippen LogP contribution in [0, 0.1) is 0 Å². The summed E-state index contributed by atoms with van der Waals surface area (Å²) in [5.74, 6) is 0.824. The fourth-order valence-electron chi connectivity index (χ4n) is 4.92. The molecule has 0 aliphatic carbocycles. The van der Waals surface area contributed by atoms with Crippen molar-refractivity contribution < 1.29 is 17.0 Å². The van der Waals surface area contributed by atoms with E-state index in [1.54, 1.807) is 0 Å². The lowest BCUT2D eigenvalue weighted by molar-refractivity contribution is -0.645. The van der Waals surface area contributed by atoms with E-state index in [1.165, 1.54) is 0 Å². The van der Waals surface area contributed by atoms with Crippen LogP contribution in [0.2, 0.25) is 0 Å². The molecule has 218 valence electrons. The zero-order valence-electron chi connectivity index (χ0n) is 24.6. The molecular formula is C37H33ClN6. The maximum absolute atomic E-state index is 4.88. The minimum Gasteiger partial charge on any atom is -1.00 e. The van der Waals surface area contributed by atoms with Gasteiger partial charge in [0.1, 0.15) is 5.69 Å². The van der Waals surface area contributed by atoms with Gasteiger partial charge in [0, 0.05) is 23.9 Å². The van der Waals surface area contributed by atoms with E-state index in [-0.39, 0.29) is 12.4 Å². The second-order valence-electron chi connectivity index (χ2n) is 10.0. The van der Waals surface area contributed by atoms with Gasteiger partial charge in [0.2, 0.25) is 0 Å². The third kappa shape index (κ3) is 6.77. The summed E-state index contributed by atoms with van der Waals surface area (Å²) in [6.07, 6.45) is 2.07. The lowest BCUT2D eigenvalue weighted by Crippen LogP contribution is -3.00. The van der Waals surface area contributed by atoms with Crippen LogP contribution < -0.4 is 27.6 Å². The fraction of sp³-hybridized carbons (Fsp3) is 0.0541. The minimum atomic E-state index is 0. The summed E-state index contributed by atoms with van der Waals surface area (Å²) < 4.78 is 4.23. The van der Waals surface area contributed by atoms with E-state index in [2.05, 4.69) is 74.6 Å². The van der Waals surface area contributed by atoms with Crippen molar-refractivity contribution in [3.63, 3.8) is 0 Å². The fourth-order valence-corrected chi connectivity index (χ4v) is 4.92. The summed E-state index contributed by atoms with van der Waals surface area (Å²) in [6.45, 7) is 0. The molecule has 2 N–H and O–H groups in total.